The first-order valence-electron chi connectivity index (χ1n) is 7.76. The minimum Gasteiger partial charge on any atom is -0.338 e. The number of nitrogens with two attached hydrogens (primary N) is 1. The van der Waals surface area contributed by atoms with Crippen molar-refractivity contribution >= 4 is 5.91 Å². The summed E-state index contributed by atoms with van der Waals surface area (Å²) in [6.45, 7) is 4.33. The Morgan fingerprint density at radius 1 is 1.09 bits per heavy atom. The van der Waals surface area contributed by atoms with E-state index in [9.17, 15) is 4.79 Å². The van der Waals surface area contributed by atoms with E-state index in [-0.39, 0.29) is 11.3 Å². The fraction of sp³-hybridized carbons (Fsp3) is 0.316. The first-order chi connectivity index (χ1) is 10.6. The summed E-state index contributed by atoms with van der Waals surface area (Å²) >= 11 is 0. The number of likely N-dealkylation sites (tertiary alicyclic amines) is 1. The molecule has 1 amide bonds. The average molecular weight is 294 g/mol. The summed E-state index contributed by atoms with van der Waals surface area (Å²) in [5, 5.41) is 0. The van der Waals surface area contributed by atoms with E-state index in [0.717, 1.165) is 30.6 Å². The minimum atomic E-state index is 0.0691. The molecule has 0 saturated carbocycles. The van der Waals surface area contributed by atoms with E-state index >= 15 is 0 Å². The van der Waals surface area contributed by atoms with Crippen LogP contribution in [0, 0.1) is 5.41 Å². The largest absolute Gasteiger partial charge is 0.338 e. The Balaban J connectivity index is 1.75. The van der Waals surface area contributed by atoms with E-state index < -0.39 is 0 Å². The highest BCUT2D eigenvalue weighted by Gasteiger charge is 2.35. The summed E-state index contributed by atoms with van der Waals surface area (Å²) in [4.78, 5) is 14.5. The lowest BCUT2D eigenvalue weighted by atomic mass is 9.90. The van der Waals surface area contributed by atoms with Crippen molar-refractivity contribution in [3.8, 4) is 11.1 Å². The second kappa shape index (κ2) is 5.93. The van der Waals surface area contributed by atoms with Gasteiger partial charge in [-0.1, -0.05) is 49.4 Å². The highest BCUT2D eigenvalue weighted by molar-refractivity contribution is 5.95. The van der Waals surface area contributed by atoms with Gasteiger partial charge in [0.25, 0.3) is 5.91 Å². The van der Waals surface area contributed by atoms with Gasteiger partial charge in [-0.15, -0.1) is 0 Å². The highest BCUT2D eigenvalue weighted by atomic mass is 16.2. The van der Waals surface area contributed by atoms with Crippen molar-refractivity contribution in [1.82, 2.24) is 4.90 Å². The number of benzene rings is 2. The standard InChI is InChI=1S/C19H22N2O/c1-19(13-20)11-12-21(14-19)18(22)17-9-7-16(8-10-17)15-5-3-2-4-6-15/h2-10H,11-14,20H2,1H3. The predicted octanol–water partition coefficient (Wildman–Crippen LogP) is 3.16. The zero-order valence-electron chi connectivity index (χ0n) is 13.0. The highest BCUT2D eigenvalue weighted by Crippen LogP contribution is 2.29. The van der Waals surface area contributed by atoms with Crippen molar-refractivity contribution < 1.29 is 4.79 Å². The first-order valence-corrected chi connectivity index (χ1v) is 7.76. The second-order valence-electron chi connectivity index (χ2n) is 6.43. The van der Waals surface area contributed by atoms with Gasteiger partial charge in [0.05, 0.1) is 0 Å². The lowest BCUT2D eigenvalue weighted by molar-refractivity contribution is 0.0777. The van der Waals surface area contributed by atoms with Crippen LogP contribution in [-0.4, -0.2) is 30.4 Å². The van der Waals surface area contributed by atoms with E-state index in [1.807, 2.05) is 47.4 Å². The van der Waals surface area contributed by atoms with E-state index in [1.54, 1.807) is 0 Å². The molecule has 2 N–H and O–H groups in total. The van der Waals surface area contributed by atoms with Crippen LogP contribution in [0.25, 0.3) is 11.1 Å². The van der Waals surface area contributed by atoms with Gasteiger partial charge in [-0.05, 0) is 41.6 Å². The fourth-order valence-electron chi connectivity index (χ4n) is 2.98. The number of nitrogens with zero attached hydrogens (tertiary/aromatic N) is 1. The van der Waals surface area contributed by atoms with Crippen molar-refractivity contribution in [2.75, 3.05) is 19.6 Å². The Hall–Kier alpha value is -2.13. The van der Waals surface area contributed by atoms with Crippen LogP contribution >= 0.6 is 0 Å². The van der Waals surface area contributed by atoms with Crippen LogP contribution in [0.5, 0.6) is 0 Å². The lowest BCUT2D eigenvalue weighted by Crippen LogP contribution is -2.34. The molecule has 1 aliphatic rings. The molecule has 3 rings (SSSR count). The number of carbonyl (C=O) groups is 1. The zero-order chi connectivity index (χ0) is 15.6. The molecule has 1 saturated heterocycles. The first kappa shape index (κ1) is 14.8. The molecule has 0 spiro atoms. The SMILES string of the molecule is CC1(CN)CCN(C(=O)c2ccc(-c3ccccc3)cc2)C1. The van der Waals surface area contributed by atoms with Gasteiger partial charge >= 0.3 is 0 Å². The van der Waals surface area contributed by atoms with Crippen LogP contribution in [0.3, 0.4) is 0 Å². The Morgan fingerprint density at radius 2 is 1.73 bits per heavy atom. The fourth-order valence-corrected chi connectivity index (χ4v) is 2.98. The van der Waals surface area contributed by atoms with Gasteiger partial charge in [0.1, 0.15) is 0 Å². The summed E-state index contributed by atoms with van der Waals surface area (Å²) in [6, 6.07) is 18.1. The summed E-state index contributed by atoms with van der Waals surface area (Å²) < 4.78 is 0. The maximum absolute atomic E-state index is 12.6. The smallest absolute Gasteiger partial charge is 0.253 e. The number of rotatable bonds is 3. The van der Waals surface area contributed by atoms with Crippen molar-refractivity contribution in [2.24, 2.45) is 11.1 Å². The summed E-state index contributed by atoms with van der Waals surface area (Å²) in [5.41, 5.74) is 8.93. The molecule has 0 aliphatic carbocycles. The molecular formula is C19H22N2O. The molecule has 114 valence electrons. The van der Waals surface area contributed by atoms with Crippen LogP contribution in [0.2, 0.25) is 0 Å². The van der Waals surface area contributed by atoms with Crippen LogP contribution in [0.1, 0.15) is 23.7 Å². The molecular weight excluding hydrogens is 272 g/mol. The minimum absolute atomic E-state index is 0.0691. The van der Waals surface area contributed by atoms with Gasteiger partial charge in [0, 0.05) is 18.7 Å². The van der Waals surface area contributed by atoms with Gasteiger partial charge < -0.3 is 10.6 Å². The molecule has 22 heavy (non-hydrogen) atoms. The van der Waals surface area contributed by atoms with E-state index in [0.29, 0.717) is 6.54 Å². The van der Waals surface area contributed by atoms with Gasteiger partial charge in [-0.2, -0.15) is 0 Å². The molecule has 0 aromatic heterocycles. The molecule has 0 bridgehead atoms. The number of hydrogen-bond acceptors (Lipinski definition) is 2. The van der Waals surface area contributed by atoms with E-state index in [2.05, 4.69) is 19.1 Å². The monoisotopic (exact) mass is 294 g/mol. The normalized spacial score (nSPS) is 21.1. The van der Waals surface area contributed by atoms with Crippen molar-refractivity contribution in [3.05, 3.63) is 60.2 Å². The topological polar surface area (TPSA) is 46.3 Å². The van der Waals surface area contributed by atoms with Crippen molar-refractivity contribution in [1.29, 1.82) is 0 Å². The molecule has 0 radical (unpaired) electrons. The number of hydrogen-bond donors (Lipinski definition) is 1. The molecule has 1 heterocycles. The Kier molecular flexibility index (Phi) is 3.99. The molecule has 1 fully saturated rings. The third-order valence-corrected chi connectivity index (χ3v) is 4.58. The molecule has 1 unspecified atom stereocenters. The third kappa shape index (κ3) is 2.90. The van der Waals surface area contributed by atoms with Gasteiger partial charge in [-0.25, -0.2) is 0 Å². The molecule has 1 atom stereocenters. The predicted molar refractivity (Wildman–Crippen MR) is 89.6 cm³/mol. The average Bonchev–Trinajstić information content (AvgIpc) is 2.98. The second-order valence-corrected chi connectivity index (χ2v) is 6.43. The number of carbonyl (C=O) groups excluding carboxylic acids is 1. The Morgan fingerprint density at radius 3 is 2.32 bits per heavy atom. The van der Waals surface area contributed by atoms with Crippen LogP contribution < -0.4 is 5.73 Å². The Labute approximate surface area is 131 Å². The summed E-state index contributed by atoms with van der Waals surface area (Å²) in [6.07, 6.45) is 0.983. The molecule has 2 aromatic rings. The lowest BCUT2D eigenvalue weighted by Gasteiger charge is -2.22. The summed E-state index contributed by atoms with van der Waals surface area (Å²) in [5.74, 6) is 0.108. The maximum Gasteiger partial charge on any atom is 0.253 e. The molecule has 2 aromatic carbocycles. The van der Waals surface area contributed by atoms with E-state index in [4.69, 9.17) is 5.73 Å². The molecule has 3 nitrogen and oxygen atoms in total. The summed E-state index contributed by atoms with van der Waals surface area (Å²) in [7, 11) is 0. The van der Waals surface area contributed by atoms with Crippen LogP contribution in [-0.2, 0) is 0 Å². The maximum atomic E-state index is 12.6. The van der Waals surface area contributed by atoms with Crippen molar-refractivity contribution in [2.45, 2.75) is 13.3 Å². The van der Waals surface area contributed by atoms with Gasteiger partial charge in [0.2, 0.25) is 0 Å². The third-order valence-electron chi connectivity index (χ3n) is 4.58. The zero-order valence-corrected chi connectivity index (χ0v) is 13.0. The quantitative estimate of drug-likeness (QED) is 0.945. The van der Waals surface area contributed by atoms with Gasteiger partial charge in [-0.3, -0.25) is 4.79 Å². The number of amides is 1. The van der Waals surface area contributed by atoms with Crippen molar-refractivity contribution in [3.63, 3.8) is 0 Å². The molecule has 1 aliphatic heterocycles. The van der Waals surface area contributed by atoms with Gasteiger partial charge in [0.15, 0.2) is 0 Å². The van der Waals surface area contributed by atoms with Crippen LogP contribution in [0.4, 0.5) is 0 Å². The van der Waals surface area contributed by atoms with Crippen LogP contribution in [0.15, 0.2) is 54.6 Å². The molecule has 3 heteroatoms. The Bertz CT molecular complexity index is 651. The van der Waals surface area contributed by atoms with E-state index in [1.165, 1.54) is 5.56 Å².